The molecule has 2 aromatic heterocycles. The van der Waals surface area contributed by atoms with Gasteiger partial charge in [0.15, 0.2) is 5.82 Å². The molecule has 0 unspecified atom stereocenters. The van der Waals surface area contributed by atoms with Gasteiger partial charge in [0.25, 0.3) is 11.8 Å². The molecule has 32 heavy (non-hydrogen) atoms. The van der Waals surface area contributed by atoms with Gasteiger partial charge in [-0.1, -0.05) is 28.5 Å². The van der Waals surface area contributed by atoms with Crippen molar-refractivity contribution in [1.29, 1.82) is 0 Å². The number of rotatable bonds is 8. The van der Waals surface area contributed by atoms with E-state index in [0.29, 0.717) is 26.7 Å². The maximum absolute atomic E-state index is 13.2. The van der Waals surface area contributed by atoms with Gasteiger partial charge in [-0.15, -0.1) is 0 Å². The molecule has 3 rings (SSSR count). The van der Waals surface area contributed by atoms with E-state index in [1.165, 1.54) is 26.5 Å². The summed E-state index contributed by atoms with van der Waals surface area (Å²) in [6, 6.07) is 8.65. The zero-order chi connectivity index (χ0) is 23.3. The van der Waals surface area contributed by atoms with Gasteiger partial charge in [0.05, 0.1) is 16.3 Å². The second kappa shape index (κ2) is 11.2. The second-order valence-electron chi connectivity index (χ2n) is 6.61. The molecular formula is C20H20BrClN6O2S2. The first-order chi connectivity index (χ1) is 15.3. The van der Waals surface area contributed by atoms with Crippen LogP contribution in [0.3, 0.4) is 0 Å². The number of hydrogen-bond donors (Lipinski definition) is 3. The van der Waals surface area contributed by atoms with Gasteiger partial charge in [-0.05, 0) is 69.6 Å². The Balaban J connectivity index is 1.98. The first kappa shape index (κ1) is 24.6. The lowest BCUT2D eigenvalue weighted by Crippen LogP contribution is -2.24. The Labute approximate surface area is 206 Å². The number of carbonyl (C=O) groups is 2. The van der Waals surface area contributed by atoms with Crippen molar-refractivity contribution in [1.82, 2.24) is 20.1 Å². The fourth-order valence-corrected chi connectivity index (χ4v) is 4.61. The van der Waals surface area contributed by atoms with Crippen LogP contribution in [0.2, 0.25) is 5.02 Å². The third-order valence-electron chi connectivity index (χ3n) is 4.50. The maximum Gasteiger partial charge on any atom is 0.274 e. The number of carbonyl (C=O) groups excluding carboxylic acids is 2. The van der Waals surface area contributed by atoms with Crippen molar-refractivity contribution in [3.8, 4) is 5.82 Å². The minimum atomic E-state index is -0.457. The molecule has 4 N–H and O–H groups in total. The van der Waals surface area contributed by atoms with E-state index in [9.17, 15) is 9.59 Å². The smallest absolute Gasteiger partial charge is 0.274 e. The van der Waals surface area contributed by atoms with Crippen LogP contribution in [0.15, 0.2) is 41.1 Å². The molecule has 168 valence electrons. The molecule has 0 radical (unpaired) electrons. The average Bonchev–Trinajstić information content (AvgIpc) is 3.16. The number of nitrogens with one attached hydrogen (secondary N) is 2. The Morgan fingerprint density at radius 1 is 1.28 bits per heavy atom. The number of nitrogens with two attached hydrogens (primary N) is 1. The molecule has 0 atom stereocenters. The first-order valence-corrected chi connectivity index (χ1v) is 12.9. The fourth-order valence-electron chi connectivity index (χ4n) is 3.08. The number of hydrogen-bond acceptors (Lipinski definition) is 7. The highest BCUT2D eigenvalue weighted by atomic mass is 79.9. The number of benzene rings is 1. The minimum Gasteiger partial charge on any atom is -0.355 e. The molecule has 0 bridgehead atoms. The number of nitrogens with zero attached hydrogens (tertiary/aromatic N) is 3. The summed E-state index contributed by atoms with van der Waals surface area (Å²) in [5, 5.41) is 15.6. The number of aryl methyl sites for hydroxylation is 2. The normalized spacial score (nSPS) is 10.8. The van der Waals surface area contributed by atoms with Crippen LogP contribution in [-0.2, 0) is 6.42 Å². The lowest BCUT2D eigenvalue weighted by Gasteiger charge is -2.16. The minimum absolute atomic E-state index is 0.208. The first-order valence-electron chi connectivity index (χ1n) is 9.37. The van der Waals surface area contributed by atoms with E-state index in [1.807, 2.05) is 13.0 Å². The van der Waals surface area contributed by atoms with Gasteiger partial charge in [0.2, 0.25) is 0 Å². The van der Waals surface area contributed by atoms with Crippen LogP contribution in [0.5, 0.6) is 0 Å². The van der Waals surface area contributed by atoms with E-state index < -0.39 is 5.91 Å². The van der Waals surface area contributed by atoms with Crippen molar-refractivity contribution >= 4 is 66.8 Å². The molecule has 12 heteroatoms. The summed E-state index contributed by atoms with van der Waals surface area (Å²) in [4.78, 5) is 30.0. The predicted molar refractivity (Wildman–Crippen MR) is 135 cm³/mol. The van der Waals surface area contributed by atoms with Gasteiger partial charge in [-0.3, -0.25) is 14.7 Å². The summed E-state index contributed by atoms with van der Waals surface area (Å²) in [6.45, 7) is 1.85. The Morgan fingerprint density at radius 2 is 2.06 bits per heavy atom. The van der Waals surface area contributed by atoms with Gasteiger partial charge in [-0.2, -0.15) is 5.10 Å². The summed E-state index contributed by atoms with van der Waals surface area (Å²) in [6.07, 6.45) is 2.30. The van der Waals surface area contributed by atoms with Crippen molar-refractivity contribution in [2.45, 2.75) is 13.3 Å². The molecule has 0 fully saturated rings. The van der Waals surface area contributed by atoms with Gasteiger partial charge in [0.1, 0.15) is 10.3 Å². The zero-order valence-electron chi connectivity index (χ0n) is 17.2. The molecule has 0 saturated heterocycles. The maximum atomic E-state index is 13.2. The molecule has 0 aliphatic carbocycles. The van der Waals surface area contributed by atoms with Crippen LogP contribution in [-0.4, -0.2) is 39.4 Å². The molecule has 0 aliphatic heterocycles. The van der Waals surface area contributed by atoms with E-state index in [2.05, 4.69) is 36.6 Å². The second-order valence-corrected chi connectivity index (χ2v) is 9.95. The zero-order valence-corrected chi connectivity index (χ0v) is 21.2. The number of halogens is 2. The number of aromatic nitrogens is 3. The van der Waals surface area contributed by atoms with E-state index in [1.54, 1.807) is 37.5 Å². The highest BCUT2D eigenvalue weighted by molar-refractivity contribution is 9.10. The highest BCUT2D eigenvalue weighted by Crippen LogP contribution is 2.27. The lowest BCUT2D eigenvalue weighted by atomic mass is 10.0. The quantitative estimate of drug-likeness (QED) is 0.214. The summed E-state index contributed by atoms with van der Waals surface area (Å²) >= 11 is 9.55. The molecule has 0 spiro atoms. The largest absolute Gasteiger partial charge is 0.355 e. The summed E-state index contributed by atoms with van der Waals surface area (Å²) in [5.74, 6) is 0.367. The van der Waals surface area contributed by atoms with Crippen molar-refractivity contribution in [3.63, 3.8) is 0 Å². The Bertz CT molecular complexity index is 1160. The average molecular weight is 556 g/mol. The Morgan fingerprint density at radius 3 is 2.75 bits per heavy atom. The fraction of sp³-hybridized carbons (Fsp3) is 0.200. The van der Waals surface area contributed by atoms with Crippen LogP contribution in [0.25, 0.3) is 5.82 Å². The van der Waals surface area contributed by atoms with Crippen LogP contribution < -0.4 is 15.8 Å². The molecule has 1 aromatic carbocycles. The standard InChI is InChI=1S/C20H20BrClN6O2S2/c1-11-8-12(5-7-31-32-23)9-13(19(29)24-2)17(11)26-20(30)15-10-16(21)27-28(15)18-14(22)4-3-6-25-18/h3-4,6,8-10H,5,7,23H2,1-2H3,(H,24,29)(H,26,30). The van der Waals surface area contributed by atoms with Crippen LogP contribution in [0.4, 0.5) is 5.69 Å². The van der Waals surface area contributed by atoms with Gasteiger partial charge in [-0.25, -0.2) is 9.67 Å². The lowest BCUT2D eigenvalue weighted by molar-refractivity contribution is 0.0964. The topological polar surface area (TPSA) is 115 Å². The number of amides is 2. The molecule has 0 aliphatic rings. The Kier molecular flexibility index (Phi) is 8.60. The summed E-state index contributed by atoms with van der Waals surface area (Å²) < 4.78 is 1.80. The van der Waals surface area contributed by atoms with Crippen molar-refractivity contribution in [3.05, 3.63) is 68.5 Å². The summed E-state index contributed by atoms with van der Waals surface area (Å²) in [5.41, 5.74) is 2.76. The third kappa shape index (κ3) is 5.65. The molecule has 3 aromatic rings. The summed E-state index contributed by atoms with van der Waals surface area (Å²) in [7, 11) is 4.29. The van der Waals surface area contributed by atoms with Crippen molar-refractivity contribution in [2.24, 2.45) is 5.14 Å². The van der Waals surface area contributed by atoms with Crippen molar-refractivity contribution < 1.29 is 9.59 Å². The van der Waals surface area contributed by atoms with Gasteiger partial charge >= 0.3 is 0 Å². The van der Waals surface area contributed by atoms with E-state index in [0.717, 1.165) is 23.3 Å². The third-order valence-corrected chi connectivity index (χ3v) is 6.60. The van der Waals surface area contributed by atoms with Crippen LogP contribution >= 0.6 is 49.3 Å². The van der Waals surface area contributed by atoms with E-state index in [-0.39, 0.29) is 11.6 Å². The van der Waals surface area contributed by atoms with Gasteiger partial charge < -0.3 is 10.6 Å². The SMILES string of the molecule is CNC(=O)c1cc(CCSSN)cc(C)c1NC(=O)c1cc(Br)nn1-c1ncccc1Cl. The van der Waals surface area contributed by atoms with Crippen LogP contribution in [0, 0.1) is 6.92 Å². The molecule has 2 heterocycles. The molecule has 0 saturated carbocycles. The molecular weight excluding hydrogens is 536 g/mol. The van der Waals surface area contributed by atoms with E-state index in [4.69, 9.17) is 16.7 Å². The molecule has 8 nitrogen and oxygen atoms in total. The number of pyridine rings is 1. The van der Waals surface area contributed by atoms with Crippen LogP contribution in [0.1, 0.15) is 32.0 Å². The highest BCUT2D eigenvalue weighted by Gasteiger charge is 2.22. The Hall–Kier alpha value is -2.05. The van der Waals surface area contributed by atoms with Crippen molar-refractivity contribution in [2.75, 3.05) is 18.1 Å². The van der Waals surface area contributed by atoms with E-state index >= 15 is 0 Å². The van der Waals surface area contributed by atoms with Gasteiger partial charge in [0, 0.05) is 25.1 Å². The monoisotopic (exact) mass is 554 g/mol. The number of anilines is 1. The predicted octanol–water partition coefficient (Wildman–Crippen LogP) is 4.40. The molecule has 2 amide bonds.